The molecule has 5 nitrogen and oxygen atoms in total. The molecule has 0 aliphatic rings. The molecule has 2 N–H and O–H groups in total. The first-order valence-corrected chi connectivity index (χ1v) is 8.58. The third-order valence-corrected chi connectivity index (χ3v) is 5.79. The molecular weight excluding hydrogens is 286 g/mol. The highest BCUT2D eigenvalue weighted by Gasteiger charge is 2.29. The molecule has 0 aromatic heterocycles. The summed E-state index contributed by atoms with van der Waals surface area (Å²) >= 11 is 0. The van der Waals surface area contributed by atoms with Gasteiger partial charge in [-0.1, -0.05) is 6.92 Å². The molecule has 6 heteroatoms. The first-order chi connectivity index (χ1) is 9.61. The summed E-state index contributed by atoms with van der Waals surface area (Å²) in [6.07, 6.45) is 0. The summed E-state index contributed by atoms with van der Waals surface area (Å²) < 4.78 is 27.3. The summed E-state index contributed by atoms with van der Waals surface area (Å²) in [7, 11) is 0.280. The molecule has 1 rings (SSSR count). The Hall–Kier alpha value is -1.11. The molecule has 21 heavy (non-hydrogen) atoms. The Bertz CT molecular complexity index is 597. The number of sulfonamides is 1. The molecule has 1 aromatic carbocycles. The predicted molar refractivity (Wildman–Crippen MR) is 87.9 cm³/mol. The highest BCUT2D eigenvalue weighted by molar-refractivity contribution is 7.89. The van der Waals surface area contributed by atoms with Crippen LogP contribution in [0.3, 0.4) is 0 Å². The minimum Gasteiger partial charge on any atom is -0.398 e. The molecule has 0 saturated heterocycles. The van der Waals surface area contributed by atoms with Crippen molar-refractivity contribution < 1.29 is 8.42 Å². The van der Waals surface area contributed by atoms with Gasteiger partial charge in [0.25, 0.3) is 0 Å². The first kappa shape index (κ1) is 17.9. The van der Waals surface area contributed by atoms with E-state index in [1.807, 2.05) is 46.7 Å². The van der Waals surface area contributed by atoms with Crippen LogP contribution in [0.25, 0.3) is 0 Å². The Morgan fingerprint density at radius 3 is 2.19 bits per heavy atom. The number of nitrogens with two attached hydrogens (primary N) is 1. The largest absolute Gasteiger partial charge is 0.398 e. The molecule has 0 radical (unpaired) electrons. The third kappa shape index (κ3) is 3.96. The van der Waals surface area contributed by atoms with Crippen LogP contribution < -0.4 is 5.73 Å². The number of hydrogen-bond donors (Lipinski definition) is 1. The van der Waals surface area contributed by atoms with E-state index in [2.05, 4.69) is 0 Å². The van der Waals surface area contributed by atoms with Gasteiger partial charge in [-0.15, -0.1) is 0 Å². The normalized spacial score (nSPS) is 13.9. The van der Waals surface area contributed by atoms with E-state index >= 15 is 0 Å². The monoisotopic (exact) mass is 313 g/mol. The summed E-state index contributed by atoms with van der Waals surface area (Å²) in [6, 6.07) is 3.29. The van der Waals surface area contributed by atoms with Gasteiger partial charge in [-0.2, -0.15) is 4.31 Å². The van der Waals surface area contributed by atoms with Gasteiger partial charge < -0.3 is 10.6 Å². The van der Waals surface area contributed by atoms with E-state index in [1.54, 1.807) is 12.1 Å². The lowest BCUT2D eigenvalue weighted by Gasteiger charge is -2.29. The average Bonchev–Trinajstić information content (AvgIpc) is 2.33. The maximum atomic E-state index is 12.9. The van der Waals surface area contributed by atoms with Crippen molar-refractivity contribution in [2.24, 2.45) is 0 Å². The highest BCUT2D eigenvalue weighted by Crippen LogP contribution is 2.27. The predicted octanol–water partition coefficient (Wildman–Crippen LogP) is 1.85. The summed E-state index contributed by atoms with van der Waals surface area (Å²) in [5.74, 6) is 0. The molecule has 0 saturated carbocycles. The van der Waals surface area contributed by atoms with E-state index in [0.29, 0.717) is 18.8 Å². The van der Waals surface area contributed by atoms with Gasteiger partial charge in [-0.25, -0.2) is 8.42 Å². The molecule has 0 fully saturated rings. The van der Waals surface area contributed by atoms with Crippen molar-refractivity contribution in [3.63, 3.8) is 0 Å². The molecule has 0 spiro atoms. The minimum absolute atomic E-state index is 0.115. The second-order valence-corrected chi connectivity index (χ2v) is 7.65. The lowest BCUT2D eigenvalue weighted by atomic mass is 10.1. The summed E-state index contributed by atoms with van der Waals surface area (Å²) in [5, 5.41) is 0. The van der Waals surface area contributed by atoms with Crippen LogP contribution in [0.5, 0.6) is 0 Å². The number of nitrogen functional groups attached to an aromatic ring is 1. The van der Waals surface area contributed by atoms with Crippen molar-refractivity contribution in [1.29, 1.82) is 0 Å². The summed E-state index contributed by atoms with van der Waals surface area (Å²) in [5.41, 5.74) is 8.19. The molecule has 0 amide bonds. The number of likely N-dealkylation sites (N-methyl/N-ethyl adjacent to an activating group) is 2. The molecule has 1 unspecified atom stereocenters. The Morgan fingerprint density at radius 1 is 1.19 bits per heavy atom. The lowest BCUT2D eigenvalue weighted by Crippen LogP contribution is -2.43. The van der Waals surface area contributed by atoms with E-state index in [1.165, 1.54) is 4.31 Å². The Labute approximate surface area is 128 Å². The second-order valence-electron chi connectivity index (χ2n) is 5.79. The lowest BCUT2D eigenvalue weighted by molar-refractivity contribution is 0.271. The topological polar surface area (TPSA) is 66.6 Å². The molecule has 0 heterocycles. The van der Waals surface area contributed by atoms with Gasteiger partial charge in [-0.05, 0) is 58.1 Å². The smallest absolute Gasteiger partial charge is 0.245 e. The van der Waals surface area contributed by atoms with Crippen LogP contribution in [0.15, 0.2) is 17.0 Å². The molecule has 1 aromatic rings. The Balaban J connectivity index is 3.28. The van der Waals surface area contributed by atoms with Gasteiger partial charge in [0.05, 0.1) is 5.69 Å². The van der Waals surface area contributed by atoms with Crippen molar-refractivity contribution in [2.75, 3.05) is 32.9 Å². The fraction of sp³-hybridized carbons (Fsp3) is 0.600. The number of benzene rings is 1. The molecule has 1 atom stereocenters. The SMILES string of the molecule is CCN(C(C)CN(C)C)S(=O)(=O)c1cc(C)c(C)cc1N. The van der Waals surface area contributed by atoms with Gasteiger partial charge in [0.2, 0.25) is 10.0 Å². The van der Waals surface area contributed by atoms with E-state index in [0.717, 1.165) is 11.1 Å². The number of nitrogens with zero attached hydrogens (tertiary/aromatic N) is 2. The van der Waals surface area contributed by atoms with E-state index in [4.69, 9.17) is 5.73 Å². The van der Waals surface area contributed by atoms with Crippen LogP contribution in [-0.2, 0) is 10.0 Å². The summed E-state index contributed by atoms with van der Waals surface area (Å²) in [6.45, 7) is 8.67. The maximum Gasteiger partial charge on any atom is 0.245 e. The second kappa shape index (κ2) is 6.77. The van der Waals surface area contributed by atoms with Gasteiger partial charge >= 0.3 is 0 Å². The third-order valence-electron chi connectivity index (χ3n) is 3.65. The molecule has 0 aliphatic heterocycles. The van der Waals surface area contributed by atoms with Crippen LogP contribution in [0.1, 0.15) is 25.0 Å². The van der Waals surface area contributed by atoms with Crippen LogP contribution in [0, 0.1) is 13.8 Å². The molecule has 120 valence electrons. The number of rotatable bonds is 6. The Kier molecular flexibility index (Phi) is 5.78. The average molecular weight is 313 g/mol. The number of aryl methyl sites for hydroxylation is 2. The minimum atomic E-state index is -3.58. The van der Waals surface area contributed by atoms with Crippen molar-refractivity contribution >= 4 is 15.7 Å². The fourth-order valence-corrected chi connectivity index (χ4v) is 4.32. The van der Waals surface area contributed by atoms with E-state index in [9.17, 15) is 8.42 Å². The molecular formula is C15H27N3O2S. The summed E-state index contributed by atoms with van der Waals surface area (Å²) in [4.78, 5) is 2.19. The molecule has 0 aliphatic carbocycles. The van der Waals surface area contributed by atoms with Gasteiger partial charge in [0.15, 0.2) is 0 Å². The number of hydrogen-bond acceptors (Lipinski definition) is 4. The van der Waals surface area contributed by atoms with Crippen LogP contribution in [0.2, 0.25) is 0 Å². The zero-order valence-corrected chi connectivity index (χ0v) is 14.7. The van der Waals surface area contributed by atoms with Gasteiger partial charge in [0.1, 0.15) is 4.90 Å². The van der Waals surface area contributed by atoms with Crippen LogP contribution in [-0.4, -0.2) is 50.8 Å². The van der Waals surface area contributed by atoms with Crippen LogP contribution >= 0.6 is 0 Å². The van der Waals surface area contributed by atoms with Gasteiger partial charge in [-0.3, -0.25) is 0 Å². The Morgan fingerprint density at radius 2 is 1.71 bits per heavy atom. The quantitative estimate of drug-likeness (QED) is 0.814. The van der Waals surface area contributed by atoms with Crippen molar-refractivity contribution in [2.45, 2.75) is 38.6 Å². The standard InChI is InChI=1S/C15H27N3O2S/c1-7-18(13(4)10-17(5)6)21(19,20)15-9-12(3)11(2)8-14(15)16/h8-9,13H,7,10,16H2,1-6H3. The van der Waals surface area contributed by atoms with Crippen molar-refractivity contribution in [3.8, 4) is 0 Å². The molecule has 0 bridgehead atoms. The van der Waals surface area contributed by atoms with Gasteiger partial charge in [0, 0.05) is 19.1 Å². The van der Waals surface area contributed by atoms with Crippen LogP contribution in [0.4, 0.5) is 5.69 Å². The van der Waals surface area contributed by atoms with E-state index in [-0.39, 0.29) is 10.9 Å². The van der Waals surface area contributed by atoms with Crippen molar-refractivity contribution in [1.82, 2.24) is 9.21 Å². The van der Waals surface area contributed by atoms with E-state index < -0.39 is 10.0 Å². The maximum absolute atomic E-state index is 12.9. The number of anilines is 1. The fourth-order valence-electron chi connectivity index (χ4n) is 2.50. The highest BCUT2D eigenvalue weighted by atomic mass is 32.2. The first-order valence-electron chi connectivity index (χ1n) is 7.14. The zero-order valence-electron chi connectivity index (χ0n) is 13.8. The van der Waals surface area contributed by atoms with Crippen molar-refractivity contribution in [3.05, 3.63) is 23.3 Å². The zero-order chi connectivity index (χ0) is 16.4.